The second kappa shape index (κ2) is 13.9. The van der Waals surface area contributed by atoms with E-state index in [0.29, 0.717) is 34.2 Å². The van der Waals surface area contributed by atoms with E-state index >= 15 is 0 Å². The van der Waals surface area contributed by atoms with E-state index in [1.807, 2.05) is 13.8 Å². The van der Waals surface area contributed by atoms with Gasteiger partial charge in [-0.2, -0.15) is 0 Å². The fourth-order valence-electron chi connectivity index (χ4n) is 3.78. The molecule has 0 heterocycles. The largest absolute Gasteiger partial charge is 0.497 e. The Bertz CT molecular complexity index is 1240. The van der Waals surface area contributed by atoms with Crippen molar-refractivity contribution in [3.63, 3.8) is 0 Å². The van der Waals surface area contributed by atoms with Gasteiger partial charge in [-0.1, -0.05) is 43.1 Å². The van der Waals surface area contributed by atoms with Crippen LogP contribution in [0.1, 0.15) is 39.2 Å². The third-order valence-corrected chi connectivity index (χ3v) is 7.92. The van der Waals surface area contributed by atoms with Crippen LogP contribution in [0.4, 0.5) is 5.69 Å². The third-order valence-electron chi connectivity index (χ3n) is 6.06. The van der Waals surface area contributed by atoms with Crippen molar-refractivity contribution >= 4 is 50.7 Å². The van der Waals surface area contributed by atoms with Crippen LogP contribution in [0.3, 0.4) is 0 Å². The molecule has 0 fully saturated rings. The molecule has 2 aromatic rings. The van der Waals surface area contributed by atoms with Crippen LogP contribution in [-0.2, 0) is 26.2 Å². The van der Waals surface area contributed by atoms with Crippen molar-refractivity contribution in [2.75, 3.05) is 31.3 Å². The molecule has 1 N–H and O–H groups in total. The van der Waals surface area contributed by atoms with E-state index in [4.69, 9.17) is 32.7 Å². The number of nitrogens with zero attached hydrogens (tertiary/aromatic N) is 2. The third kappa shape index (κ3) is 8.15. The maximum Gasteiger partial charge on any atom is 0.244 e. The van der Waals surface area contributed by atoms with E-state index in [-0.39, 0.29) is 29.9 Å². The summed E-state index contributed by atoms with van der Waals surface area (Å²) < 4.78 is 37.3. The molecule has 0 aliphatic rings. The molecule has 0 aromatic heterocycles. The summed E-state index contributed by atoms with van der Waals surface area (Å²) in [4.78, 5) is 28.4. The van der Waals surface area contributed by atoms with Crippen molar-refractivity contribution in [3.8, 4) is 11.5 Å². The lowest BCUT2D eigenvalue weighted by atomic mass is 10.1. The molecule has 0 bridgehead atoms. The zero-order chi connectivity index (χ0) is 28.6. The lowest BCUT2D eigenvalue weighted by Gasteiger charge is -2.33. The van der Waals surface area contributed by atoms with Crippen LogP contribution in [0.5, 0.6) is 11.5 Å². The minimum absolute atomic E-state index is 0.0134. The molecule has 2 rings (SSSR count). The molecule has 38 heavy (non-hydrogen) atoms. The van der Waals surface area contributed by atoms with Gasteiger partial charge in [0.1, 0.15) is 24.1 Å². The molecule has 0 saturated carbocycles. The topological polar surface area (TPSA) is 105 Å². The first-order valence-corrected chi connectivity index (χ1v) is 14.7. The predicted octanol–water partition coefficient (Wildman–Crippen LogP) is 4.50. The average molecular weight is 589 g/mol. The van der Waals surface area contributed by atoms with Gasteiger partial charge in [0.15, 0.2) is 0 Å². The number of anilines is 1. The van der Waals surface area contributed by atoms with Crippen LogP contribution in [0.25, 0.3) is 0 Å². The number of carbonyl (C=O) groups is 2. The van der Waals surface area contributed by atoms with Gasteiger partial charge in [-0.15, -0.1) is 0 Å². The van der Waals surface area contributed by atoms with E-state index in [9.17, 15) is 18.0 Å². The molecule has 0 spiro atoms. The van der Waals surface area contributed by atoms with E-state index < -0.39 is 28.5 Å². The number of amides is 2. The Kier molecular flexibility index (Phi) is 11.5. The predicted molar refractivity (Wildman–Crippen MR) is 151 cm³/mol. The van der Waals surface area contributed by atoms with Gasteiger partial charge in [-0.05, 0) is 49.6 Å². The second-order valence-electron chi connectivity index (χ2n) is 8.82. The first kappa shape index (κ1) is 31.5. The quantitative estimate of drug-likeness (QED) is 0.370. The maximum absolute atomic E-state index is 13.8. The first-order valence-electron chi connectivity index (χ1n) is 12.1. The molecule has 0 saturated heterocycles. The minimum atomic E-state index is -3.93. The molecule has 9 nitrogen and oxygen atoms in total. The summed E-state index contributed by atoms with van der Waals surface area (Å²) in [6, 6.07) is 8.57. The van der Waals surface area contributed by atoms with E-state index in [1.165, 1.54) is 31.3 Å². The van der Waals surface area contributed by atoms with Crippen LogP contribution in [-0.4, -0.2) is 64.2 Å². The lowest BCUT2D eigenvalue weighted by molar-refractivity contribution is -0.140. The van der Waals surface area contributed by atoms with Crippen LogP contribution in [0.15, 0.2) is 36.4 Å². The summed E-state index contributed by atoms with van der Waals surface area (Å²) in [5.41, 5.74) is 0.797. The average Bonchev–Trinajstić information content (AvgIpc) is 2.87. The van der Waals surface area contributed by atoms with Gasteiger partial charge in [0.25, 0.3) is 0 Å². The van der Waals surface area contributed by atoms with Crippen molar-refractivity contribution in [2.24, 2.45) is 0 Å². The number of halogens is 2. The number of benzene rings is 2. The number of nitrogens with one attached hydrogen (secondary N) is 1. The van der Waals surface area contributed by atoms with E-state index in [1.54, 1.807) is 31.2 Å². The zero-order valence-corrected chi connectivity index (χ0v) is 24.8. The number of carbonyl (C=O) groups excluding carboxylic acids is 2. The lowest BCUT2D eigenvalue weighted by Crippen LogP contribution is -2.53. The van der Waals surface area contributed by atoms with Gasteiger partial charge in [-0.3, -0.25) is 13.9 Å². The molecular formula is C26H35Cl2N3O6S. The fourth-order valence-corrected chi connectivity index (χ4v) is 4.95. The Morgan fingerprint density at radius 3 is 2.21 bits per heavy atom. The Balaban J connectivity index is 2.53. The van der Waals surface area contributed by atoms with Gasteiger partial charge in [0, 0.05) is 18.7 Å². The number of sulfonamides is 1. The summed E-state index contributed by atoms with van der Waals surface area (Å²) in [7, 11) is -1.07. The van der Waals surface area contributed by atoms with Gasteiger partial charge in [0.05, 0.1) is 36.2 Å². The fraction of sp³-hybridized carbons (Fsp3) is 0.462. The van der Waals surface area contributed by atoms with Crippen molar-refractivity contribution in [3.05, 3.63) is 52.0 Å². The molecule has 0 unspecified atom stereocenters. The number of rotatable bonds is 13. The Morgan fingerprint density at radius 2 is 1.68 bits per heavy atom. The van der Waals surface area contributed by atoms with E-state index in [2.05, 4.69) is 5.32 Å². The zero-order valence-electron chi connectivity index (χ0n) is 22.5. The van der Waals surface area contributed by atoms with Gasteiger partial charge in [0.2, 0.25) is 21.8 Å². The highest BCUT2D eigenvalue weighted by Crippen LogP contribution is 2.34. The van der Waals surface area contributed by atoms with Gasteiger partial charge < -0.3 is 19.7 Å². The van der Waals surface area contributed by atoms with Crippen molar-refractivity contribution < 1.29 is 27.5 Å². The molecule has 0 radical (unpaired) electrons. The highest BCUT2D eigenvalue weighted by molar-refractivity contribution is 7.92. The van der Waals surface area contributed by atoms with Crippen LogP contribution < -0.4 is 19.1 Å². The monoisotopic (exact) mass is 587 g/mol. The van der Waals surface area contributed by atoms with Crippen LogP contribution in [0, 0.1) is 0 Å². The molecule has 0 aliphatic carbocycles. The number of hydrogen-bond acceptors (Lipinski definition) is 6. The second-order valence-corrected chi connectivity index (χ2v) is 11.5. The van der Waals surface area contributed by atoms with Crippen molar-refractivity contribution in [1.82, 2.24) is 10.2 Å². The van der Waals surface area contributed by atoms with Crippen LogP contribution >= 0.6 is 23.2 Å². The normalized spacial score (nSPS) is 12.8. The highest BCUT2D eigenvalue weighted by atomic mass is 35.5. The number of methoxy groups -OCH3 is 2. The smallest absolute Gasteiger partial charge is 0.244 e. The van der Waals surface area contributed by atoms with E-state index in [0.717, 1.165) is 10.6 Å². The molecular weight excluding hydrogens is 553 g/mol. The first-order chi connectivity index (χ1) is 17.9. The molecule has 2 atom stereocenters. The Morgan fingerprint density at radius 1 is 1.00 bits per heavy atom. The number of hydrogen-bond donors (Lipinski definition) is 1. The minimum Gasteiger partial charge on any atom is -0.497 e. The summed E-state index contributed by atoms with van der Waals surface area (Å²) in [5, 5.41) is 3.57. The number of ether oxygens (including phenoxy) is 2. The molecule has 2 amide bonds. The van der Waals surface area contributed by atoms with Gasteiger partial charge in [-0.25, -0.2) is 8.42 Å². The summed E-state index contributed by atoms with van der Waals surface area (Å²) in [6.45, 7) is 5.06. The highest BCUT2D eigenvalue weighted by Gasteiger charge is 2.33. The summed E-state index contributed by atoms with van der Waals surface area (Å²) >= 11 is 12.3. The summed E-state index contributed by atoms with van der Waals surface area (Å²) in [6.07, 6.45) is 2.02. The van der Waals surface area contributed by atoms with Crippen molar-refractivity contribution in [1.29, 1.82) is 0 Å². The molecule has 210 valence electrons. The molecule has 12 heteroatoms. The summed E-state index contributed by atoms with van der Waals surface area (Å²) in [5.74, 6) is -0.242. The Labute approximate surface area is 235 Å². The Hall–Kier alpha value is -2.69. The van der Waals surface area contributed by atoms with Crippen LogP contribution in [0.2, 0.25) is 10.0 Å². The standard InChI is InChI=1S/C26H35Cl2N3O6S/c1-7-17(3)29-26(33)22(8-2)30(15-18-9-11-20(27)21(28)13-18)25(32)16-31(38(6,34)35)23-12-10-19(36-4)14-24(23)37-5/h9-14,17,22H,7-8,15-16H2,1-6H3,(H,29,33)/t17-,22+/m0/s1. The SMILES string of the molecule is CC[C@H](C(=O)N[C@@H](C)CC)N(Cc1ccc(Cl)c(Cl)c1)C(=O)CN(c1ccc(OC)cc1OC)S(C)(=O)=O. The molecule has 2 aromatic carbocycles. The van der Waals surface area contributed by atoms with Gasteiger partial charge >= 0.3 is 0 Å². The molecule has 0 aliphatic heterocycles. The van der Waals surface area contributed by atoms with Crippen molar-refractivity contribution in [2.45, 2.75) is 52.2 Å². The maximum atomic E-state index is 13.8.